The number of methoxy groups -OCH3 is 1. The predicted octanol–water partition coefficient (Wildman–Crippen LogP) is 2.76. The number of hydrogen-bond acceptors (Lipinski definition) is 7. The minimum absolute atomic E-state index is 0.454. The van der Waals surface area contributed by atoms with Crippen molar-refractivity contribution in [2.45, 2.75) is 39.8 Å². The Morgan fingerprint density at radius 2 is 2.25 bits per heavy atom. The molecule has 1 aliphatic rings. The fraction of sp³-hybridized carbons (Fsp3) is 0.615. The molecule has 1 aliphatic heterocycles. The van der Waals surface area contributed by atoms with Gasteiger partial charge in [0.1, 0.15) is 5.82 Å². The highest BCUT2D eigenvalue weighted by Crippen LogP contribution is 2.31. The molecule has 0 saturated heterocycles. The molecule has 0 spiro atoms. The Bertz CT molecular complexity index is 527. The van der Waals surface area contributed by atoms with E-state index in [2.05, 4.69) is 21.0 Å². The van der Waals surface area contributed by atoms with Gasteiger partial charge in [-0.05, 0) is 31.4 Å². The van der Waals surface area contributed by atoms with Gasteiger partial charge < -0.3 is 14.4 Å². The molecule has 0 N–H and O–H groups in total. The van der Waals surface area contributed by atoms with E-state index in [1.165, 1.54) is 24.2 Å². The van der Waals surface area contributed by atoms with Gasteiger partial charge in [-0.1, -0.05) is 6.92 Å². The molecule has 1 atom stereocenters. The van der Waals surface area contributed by atoms with Crippen LogP contribution in [-0.4, -0.2) is 35.4 Å². The molecule has 1 aromatic rings. The number of hydrogen-bond donors (Lipinski definition) is 0. The van der Waals surface area contributed by atoms with Gasteiger partial charge in [0.25, 0.3) is 0 Å². The minimum Gasteiger partial charge on any atom is -0.438 e. The average molecular weight is 297 g/mol. The molecule has 2 rings (SSSR count). The highest BCUT2D eigenvalue weighted by molar-refractivity contribution is 7.09. The number of aromatic nitrogens is 2. The van der Waals surface area contributed by atoms with E-state index in [0.717, 1.165) is 29.4 Å². The van der Waals surface area contributed by atoms with Crippen LogP contribution in [-0.2, 0) is 15.9 Å². The largest absolute Gasteiger partial charge is 0.510 e. The zero-order valence-corrected chi connectivity index (χ0v) is 13.0. The van der Waals surface area contributed by atoms with E-state index in [1.54, 1.807) is 0 Å². The molecular formula is C13H19N3O3S. The maximum atomic E-state index is 11.4. The van der Waals surface area contributed by atoms with Gasteiger partial charge in [0.15, 0.2) is 0 Å². The van der Waals surface area contributed by atoms with E-state index >= 15 is 0 Å². The van der Waals surface area contributed by atoms with Gasteiger partial charge in [0.05, 0.1) is 7.11 Å². The monoisotopic (exact) mass is 297 g/mol. The molecule has 0 bridgehead atoms. The summed E-state index contributed by atoms with van der Waals surface area (Å²) in [6, 6.07) is 0. The Labute approximate surface area is 122 Å². The van der Waals surface area contributed by atoms with Crippen LogP contribution >= 0.6 is 11.5 Å². The number of ether oxygens (including phenoxy) is 2. The molecule has 1 aromatic heterocycles. The quantitative estimate of drug-likeness (QED) is 0.629. The van der Waals surface area contributed by atoms with Crippen molar-refractivity contribution >= 4 is 22.8 Å². The molecule has 0 radical (unpaired) electrons. The lowest BCUT2D eigenvalue weighted by Gasteiger charge is -2.24. The maximum Gasteiger partial charge on any atom is 0.510 e. The zero-order valence-electron chi connectivity index (χ0n) is 12.2. The Balaban J connectivity index is 2.18. The van der Waals surface area contributed by atoms with E-state index in [9.17, 15) is 4.79 Å². The Morgan fingerprint density at radius 1 is 1.50 bits per heavy atom. The first-order valence-corrected chi connectivity index (χ1v) is 7.34. The second kappa shape index (κ2) is 6.21. The smallest absolute Gasteiger partial charge is 0.438 e. The summed E-state index contributed by atoms with van der Waals surface area (Å²) in [5, 5.41) is 0.776. The van der Waals surface area contributed by atoms with Crippen molar-refractivity contribution in [1.82, 2.24) is 9.36 Å². The van der Waals surface area contributed by atoms with Crippen molar-refractivity contribution in [2.24, 2.45) is 0 Å². The molecular weight excluding hydrogens is 278 g/mol. The lowest BCUT2D eigenvalue weighted by Crippen LogP contribution is -2.35. The van der Waals surface area contributed by atoms with Crippen LogP contribution in [0, 0.1) is 0 Å². The maximum absolute atomic E-state index is 11.4. The molecule has 110 valence electrons. The fourth-order valence-electron chi connectivity index (χ4n) is 2.05. The molecule has 0 aliphatic carbocycles. The summed E-state index contributed by atoms with van der Waals surface area (Å²) in [5.74, 6) is 0.839. The number of aryl methyl sites for hydroxylation is 1. The number of carbonyl (C=O) groups is 1. The molecule has 0 fully saturated rings. The van der Waals surface area contributed by atoms with Gasteiger partial charge in [-0.3, -0.25) is 0 Å². The van der Waals surface area contributed by atoms with Gasteiger partial charge in [-0.25, -0.2) is 9.78 Å². The van der Waals surface area contributed by atoms with E-state index in [1.807, 2.05) is 18.7 Å². The van der Waals surface area contributed by atoms with Crippen molar-refractivity contribution in [3.63, 3.8) is 0 Å². The van der Waals surface area contributed by atoms with Gasteiger partial charge in [0.2, 0.25) is 11.4 Å². The van der Waals surface area contributed by atoms with E-state index < -0.39 is 12.4 Å². The van der Waals surface area contributed by atoms with Crippen LogP contribution in [0.2, 0.25) is 0 Å². The second-order valence-electron chi connectivity index (χ2n) is 4.76. The summed E-state index contributed by atoms with van der Waals surface area (Å²) in [6.07, 6.45) is 0.726. The molecule has 0 amide bonds. The fourth-order valence-corrected chi connectivity index (χ4v) is 2.78. The third-order valence-corrected chi connectivity index (χ3v) is 4.08. The molecule has 2 heterocycles. The number of carbonyl (C=O) groups excluding carboxylic acids is 1. The normalized spacial score (nSPS) is 18.6. The first kappa shape index (κ1) is 14.8. The molecule has 1 unspecified atom stereocenters. The molecule has 0 saturated carbocycles. The van der Waals surface area contributed by atoms with Crippen molar-refractivity contribution in [3.8, 4) is 0 Å². The predicted molar refractivity (Wildman–Crippen MR) is 76.9 cm³/mol. The van der Waals surface area contributed by atoms with Gasteiger partial charge in [0, 0.05) is 24.5 Å². The standard InChI is InChI=1S/C13H19N3O3S/c1-5-6-10-14-12(20-15-10)16-7-8(2)9(3)11(16)19-13(17)18-4/h11H,5-7H2,1-4H3. The molecule has 0 aromatic carbocycles. The van der Waals surface area contributed by atoms with Crippen molar-refractivity contribution < 1.29 is 14.3 Å². The highest BCUT2D eigenvalue weighted by atomic mass is 32.1. The highest BCUT2D eigenvalue weighted by Gasteiger charge is 2.34. The zero-order chi connectivity index (χ0) is 14.7. The lowest BCUT2D eigenvalue weighted by atomic mass is 10.2. The molecule has 20 heavy (non-hydrogen) atoms. The summed E-state index contributed by atoms with van der Waals surface area (Å²) in [7, 11) is 1.30. The summed E-state index contributed by atoms with van der Waals surface area (Å²) in [6.45, 7) is 6.76. The van der Waals surface area contributed by atoms with Crippen LogP contribution in [0.4, 0.5) is 9.93 Å². The van der Waals surface area contributed by atoms with Crippen molar-refractivity contribution in [3.05, 3.63) is 17.0 Å². The molecule has 7 heteroatoms. The summed E-state index contributed by atoms with van der Waals surface area (Å²) < 4.78 is 14.2. The molecule has 6 nitrogen and oxygen atoms in total. The van der Waals surface area contributed by atoms with Crippen LogP contribution in [0.15, 0.2) is 11.1 Å². The average Bonchev–Trinajstić information content (AvgIpc) is 2.99. The summed E-state index contributed by atoms with van der Waals surface area (Å²) >= 11 is 1.34. The van der Waals surface area contributed by atoms with Crippen LogP contribution in [0.25, 0.3) is 0 Å². The topological polar surface area (TPSA) is 64.6 Å². The van der Waals surface area contributed by atoms with Crippen molar-refractivity contribution in [2.75, 3.05) is 18.6 Å². The first-order valence-electron chi connectivity index (χ1n) is 6.56. The summed E-state index contributed by atoms with van der Waals surface area (Å²) in [4.78, 5) is 17.8. The Kier molecular flexibility index (Phi) is 4.59. The van der Waals surface area contributed by atoms with Gasteiger partial charge >= 0.3 is 6.16 Å². The van der Waals surface area contributed by atoms with E-state index in [4.69, 9.17) is 4.74 Å². The van der Waals surface area contributed by atoms with E-state index in [0.29, 0.717) is 6.54 Å². The second-order valence-corrected chi connectivity index (χ2v) is 5.49. The number of anilines is 1. The summed E-state index contributed by atoms with van der Waals surface area (Å²) in [5.41, 5.74) is 2.19. The Morgan fingerprint density at radius 3 is 2.90 bits per heavy atom. The van der Waals surface area contributed by atoms with Crippen molar-refractivity contribution in [1.29, 1.82) is 0 Å². The minimum atomic E-state index is -0.688. The SMILES string of the molecule is CCCc1nsc(N2CC(C)=C(C)C2OC(=O)OC)n1. The lowest BCUT2D eigenvalue weighted by molar-refractivity contribution is 0.0506. The third kappa shape index (κ3) is 2.92. The van der Waals surface area contributed by atoms with Crippen LogP contribution in [0.5, 0.6) is 0 Å². The Hall–Kier alpha value is -1.63. The van der Waals surface area contributed by atoms with E-state index in [-0.39, 0.29) is 0 Å². The van der Waals surface area contributed by atoms with Crippen LogP contribution in [0.1, 0.15) is 33.0 Å². The third-order valence-electron chi connectivity index (χ3n) is 3.29. The van der Waals surface area contributed by atoms with Gasteiger partial charge in [-0.2, -0.15) is 4.37 Å². The number of rotatable bonds is 4. The number of nitrogens with zero attached hydrogens (tertiary/aromatic N) is 3. The van der Waals surface area contributed by atoms with Gasteiger partial charge in [-0.15, -0.1) is 0 Å². The van der Waals surface area contributed by atoms with Crippen LogP contribution < -0.4 is 4.90 Å². The first-order chi connectivity index (χ1) is 9.56. The van der Waals surface area contributed by atoms with Crippen LogP contribution in [0.3, 0.4) is 0 Å².